The van der Waals surface area contributed by atoms with Gasteiger partial charge in [-0.2, -0.15) is 0 Å². The highest BCUT2D eigenvalue weighted by Crippen LogP contribution is 2.60. The Morgan fingerprint density at radius 3 is 2.73 bits per heavy atom. The fraction of sp³-hybridized carbons (Fsp3) is 1.00. The van der Waals surface area contributed by atoms with Crippen LogP contribution in [0.5, 0.6) is 0 Å². The van der Waals surface area contributed by atoms with Gasteiger partial charge in [-0.05, 0) is 43.9 Å². The fourth-order valence-corrected chi connectivity index (χ4v) is 2.39. The Hall–Kier alpha value is -0.120. The van der Waals surface area contributed by atoms with Crippen molar-refractivity contribution in [3.63, 3.8) is 0 Å². The van der Waals surface area contributed by atoms with Crippen molar-refractivity contribution in [1.82, 2.24) is 5.32 Å². The van der Waals surface area contributed by atoms with Crippen LogP contribution in [0.1, 0.15) is 32.6 Å². The second-order valence-electron chi connectivity index (χ2n) is 5.08. The van der Waals surface area contributed by atoms with E-state index >= 15 is 0 Å². The average Bonchev–Trinajstić information content (AvgIpc) is 3.04. The Bertz CT molecular complexity index is 200. The third-order valence-corrected chi connectivity index (χ3v) is 3.71. The molecule has 2 aliphatic carbocycles. The minimum atomic E-state index is -0.347. The number of rotatable bonds is 8. The summed E-state index contributed by atoms with van der Waals surface area (Å²) in [6.07, 6.45) is 5.31. The third-order valence-electron chi connectivity index (χ3n) is 3.71. The van der Waals surface area contributed by atoms with Gasteiger partial charge in [0, 0.05) is 19.7 Å². The lowest BCUT2D eigenvalue weighted by atomic mass is 10.0. The van der Waals surface area contributed by atoms with Crippen LogP contribution in [0.15, 0.2) is 0 Å². The van der Waals surface area contributed by atoms with Crippen molar-refractivity contribution in [2.24, 2.45) is 11.3 Å². The molecule has 3 heteroatoms. The van der Waals surface area contributed by atoms with E-state index in [0.717, 1.165) is 12.5 Å². The molecular weight excluding hydrogens is 190 g/mol. The van der Waals surface area contributed by atoms with E-state index in [4.69, 9.17) is 4.74 Å². The maximum absolute atomic E-state index is 9.56. The summed E-state index contributed by atoms with van der Waals surface area (Å²) in [5.41, 5.74) is 0.630. The molecular formula is C12H23NO2. The molecule has 2 saturated carbocycles. The molecule has 0 saturated heterocycles. The number of ether oxygens (including phenoxy) is 1. The van der Waals surface area contributed by atoms with Gasteiger partial charge in [-0.15, -0.1) is 0 Å². The van der Waals surface area contributed by atoms with Gasteiger partial charge in [0.25, 0.3) is 0 Å². The summed E-state index contributed by atoms with van der Waals surface area (Å²) in [4.78, 5) is 0. The van der Waals surface area contributed by atoms with Gasteiger partial charge in [-0.25, -0.2) is 0 Å². The smallest absolute Gasteiger partial charge is 0.0897 e. The summed E-state index contributed by atoms with van der Waals surface area (Å²) in [5.74, 6) is 0.994. The predicted octanol–water partition coefficient (Wildman–Crippen LogP) is 1.16. The molecule has 0 aromatic rings. The zero-order valence-electron chi connectivity index (χ0n) is 9.67. The van der Waals surface area contributed by atoms with Gasteiger partial charge in [0.15, 0.2) is 0 Å². The summed E-state index contributed by atoms with van der Waals surface area (Å²) in [5, 5.41) is 13.0. The Balaban J connectivity index is 1.54. The maximum atomic E-state index is 9.56. The van der Waals surface area contributed by atoms with Gasteiger partial charge < -0.3 is 15.2 Å². The molecule has 0 bridgehead atoms. The largest absolute Gasteiger partial charge is 0.389 e. The molecule has 1 unspecified atom stereocenters. The Morgan fingerprint density at radius 1 is 1.47 bits per heavy atom. The molecule has 3 nitrogen and oxygen atoms in total. The average molecular weight is 213 g/mol. The van der Waals surface area contributed by atoms with Crippen molar-refractivity contribution in [2.45, 2.75) is 38.7 Å². The van der Waals surface area contributed by atoms with E-state index < -0.39 is 0 Å². The second-order valence-corrected chi connectivity index (χ2v) is 5.08. The van der Waals surface area contributed by atoms with E-state index in [2.05, 4.69) is 5.32 Å². The molecule has 1 atom stereocenters. The van der Waals surface area contributed by atoms with Crippen molar-refractivity contribution >= 4 is 0 Å². The highest BCUT2D eigenvalue weighted by molar-refractivity contribution is 5.05. The minimum absolute atomic E-state index is 0.347. The van der Waals surface area contributed by atoms with Crippen LogP contribution in [0.25, 0.3) is 0 Å². The lowest BCUT2D eigenvalue weighted by Crippen LogP contribution is -2.34. The molecule has 2 rings (SSSR count). The first-order chi connectivity index (χ1) is 7.27. The van der Waals surface area contributed by atoms with Gasteiger partial charge in [-0.3, -0.25) is 0 Å². The molecule has 0 amide bonds. The summed E-state index contributed by atoms with van der Waals surface area (Å²) in [6.45, 7) is 4.87. The van der Waals surface area contributed by atoms with E-state index in [0.29, 0.717) is 25.2 Å². The Labute approximate surface area is 92.2 Å². The zero-order chi connectivity index (χ0) is 10.7. The standard InChI is InChI=1S/C12H23NO2/c1-2-15-8-11(14)7-13-9-12(5-6-12)10-3-4-10/h10-11,13-14H,2-9H2,1H3. The number of aliphatic hydroxyl groups excluding tert-OH is 1. The third kappa shape index (κ3) is 3.16. The van der Waals surface area contributed by atoms with Crippen molar-refractivity contribution in [3.05, 3.63) is 0 Å². The quantitative estimate of drug-likeness (QED) is 0.636. The molecule has 0 spiro atoms. The SMILES string of the molecule is CCOCC(O)CNCC1(C2CC2)CC1. The van der Waals surface area contributed by atoms with Crippen molar-refractivity contribution < 1.29 is 9.84 Å². The number of hydrogen-bond donors (Lipinski definition) is 2. The normalized spacial score (nSPS) is 25.2. The van der Waals surface area contributed by atoms with E-state index in [1.54, 1.807) is 0 Å². The number of nitrogens with one attached hydrogen (secondary N) is 1. The van der Waals surface area contributed by atoms with E-state index in [9.17, 15) is 5.11 Å². The van der Waals surface area contributed by atoms with Gasteiger partial charge in [0.1, 0.15) is 0 Å². The molecule has 2 fully saturated rings. The number of aliphatic hydroxyl groups is 1. The van der Waals surface area contributed by atoms with Crippen LogP contribution in [-0.4, -0.2) is 37.5 Å². The van der Waals surface area contributed by atoms with E-state index in [1.807, 2.05) is 6.92 Å². The first kappa shape index (κ1) is 11.4. The molecule has 0 aliphatic heterocycles. The van der Waals surface area contributed by atoms with Gasteiger partial charge >= 0.3 is 0 Å². The van der Waals surface area contributed by atoms with Crippen molar-refractivity contribution in [2.75, 3.05) is 26.3 Å². The van der Waals surface area contributed by atoms with Crippen LogP contribution in [0.2, 0.25) is 0 Å². The van der Waals surface area contributed by atoms with E-state index in [1.165, 1.54) is 25.7 Å². The van der Waals surface area contributed by atoms with Crippen LogP contribution in [0.4, 0.5) is 0 Å². The van der Waals surface area contributed by atoms with Gasteiger partial charge in [0.2, 0.25) is 0 Å². The summed E-state index contributed by atoms with van der Waals surface area (Å²) in [6, 6.07) is 0. The summed E-state index contributed by atoms with van der Waals surface area (Å²) < 4.78 is 5.16. The molecule has 2 N–H and O–H groups in total. The molecule has 0 heterocycles. The highest BCUT2D eigenvalue weighted by atomic mass is 16.5. The second kappa shape index (κ2) is 4.81. The van der Waals surface area contributed by atoms with Crippen molar-refractivity contribution in [1.29, 1.82) is 0 Å². The molecule has 88 valence electrons. The molecule has 0 radical (unpaired) electrons. The first-order valence-electron chi connectivity index (χ1n) is 6.23. The lowest BCUT2D eigenvalue weighted by Gasteiger charge is -2.17. The highest BCUT2D eigenvalue weighted by Gasteiger charge is 2.53. The van der Waals surface area contributed by atoms with Crippen LogP contribution in [0, 0.1) is 11.3 Å². The van der Waals surface area contributed by atoms with E-state index in [-0.39, 0.29) is 6.10 Å². The minimum Gasteiger partial charge on any atom is -0.389 e. The first-order valence-corrected chi connectivity index (χ1v) is 6.23. The fourth-order valence-electron chi connectivity index (χ4n) is 2.39. The number of hydrogen-bond acceptors (Lipinski definition) is 3. The Kier molecular flexibility index (Phi) is 3.65. The monoisotopic (exact) mass is 213 g/mol. The maximum Gasteiger partial charge on any atom is 0.0897 e. The topological polar surface area (TPSA) is 41.5 Å². The lowest BCUT2D eigenvalue weighted by molar-refractivity contribution is 0.0421. The van der Waals surface area contributed by atoms with Crippen LogP contribution in [-0.2, 0) is 4.74 Å². The van der Waals surface area contributed by atoms with Gasteiger partial charge in [0.05, 0.1) is 12.7 Å². The van der Waals surface area contributed by atoms with Crippen LogP contribution in [0.3, 0.4) is 0 Å². The Morgan fingerprint density at radius 2 is 2.20 bits per heavy atom. The zero-order valence-corrected chi connectivity index (χ0v) is 9.67. The molecule has 2 aliphatic rings. The molecule has 15 heavy (non-hydrogen) atoms. The van der Waals surface area contributed by atoms with Crippen molar-refractivity contribution in [3.8, 4) is 0 Å². The summed E-state index contributed by atoms with van der Waals surface area (Å²) in [7, 11) is 0. The van der Waals surface area contributed by atoms with Crippen LogP contribution < -0.4 is 5.32 Å². The summed E-state index contributed by atoms with van der Waals surface area (Å²) >= 11 is 0. The van der Waals surface area contributed by atoms with Gasteiger partial charge in [-0.1, -0.05) is 0 Å². The molecule has 0 aromatic heterocycles. The molecule has 0 aromatic carbocycles. The predicted molar refractivity (Wildman–Crippen MR) is 59.8 cm³/mol. The van der Waals surface area contributed by atoms with Crippen LogP contribution >= 0.6 is 0 Å².